The SMILES string of the molecule is C=C/C=C\c1sc2cc3c(cc2c1C)c1cccc(C2CCCCC2)c1n3C. The van der Waals surface area contributed by atoms with Crippen molar-refractivity contribution in [1.82, 2.24) is 4.57 Å². The monoisotopic (exact) mass is 385 g/mol. The number of nitrogens with zero attached hydrogens (tertiary/aromatic N) is 1. The Balaban J connectivity index is 1.77. The Labute approximate surface area is 171 Å². The molecule has 0 N–H and O–H groups in total. The van der Waals surface area contributed by atoms with Crippen LogP contribution in [0.4, 0.5) is 0 Å². The molecule has 28 heavy (non-hydrogen) atoms. The smallest absolute Gasteiger partial charge is 0.0524 e. The first-order valence-corrected chi connectivity index (χ1v) is 11.2. The molecule has 1 fully saturated rings. The minimum atomic E-state index is 0.721. The first kappa shape index (κ1) is 17.8. The summed E-state index contributed by atoms with van der Waals surface area (Å²) >= 11 is 1.88. The van der Waals surface area contributed by atoms with E-state index < -0.39 is 0 Å². The number of aromatic nitrogens is 1. The van der Waals surface area contributed by atoms with Crippen molar-refractivity contribution < 1.29 is 0 Å². The summed E-state index contributed by atoms with van der Waals surface area (Å²) in [6.45, 7) is 6.04. The Morgan fingerprint density at radius 3 is 2.68 bits per heavy atom. The van der Waals surface area contributed by atoms with Crippen LogP contribution in [0.2, 0.25) is 0 Å². The molecule has 0 saturated heterocycles. The van der Waals surface area contributed by atoms with Gasteiger partial charge in [-0.15, -0.1) is 11.3 Å². The van der Waals surface area contributed by atoms with Crippen molar-refractivity contribution in [2.45, 2.75) is 44.9 Å². The van der Waals surface area contributed by atoms with Gasteiger partial charge in [0.1, 0.15) is 0 Å². The van der Waals surface area contributed by atoms with Crippen molar-refractivity contribution in [1.29, 1.82) is 0 Å². The average Bonchev–Trinajstić information content (AvgIpc) is 3.20. The second-order valence-electron chi connectivity index (χ2n) is 8.19. The van der Waals surface area contributed by atoms with Gasteiger partial charge < -0.3 is 4.57 Å². The number of hydrogen-bond donors (Lipinski definition) is 0. The van der Waals surface area contributed by atoms with E-state index in [1.807, 2.05) is 23.5 Å². The van der Waals surface area contributed by atoms with E-state index in [1.54, 1.807) is 5.56 Å². The maximum absolute atomic E-state index is 3.80. The quantitative estimate of drug-likeness (QED) is 0.314. The Morgan fingerprint density at radius 1 is 1.07 bits per heavy atom. The maximum Gasteiger partial charge on any atom is 0.0524 e. The Morgan fingerprint density at radius 2 is 1.89 bits per heavy atom. The predicted octanol–water partition coefficient (Wildman–Crippen LogP) is 8.10. The number of aryl methyl sites for hydroxylation is 2. The normalized spacial score (nSPS) is 16.1. The standard InChI is InChI=1S/C26H27NS/c1-4-5-14-24-17(2)21-15-22-20-13-9-12-19(18-10-7-6-8-11-18)26(20)27(3)23(22)16-25(21)28-24/h4-5,9,12-16,18H,1,6-8,10-11H2,2-3H3/b14-5-. The van der Waals surface area contributed by atoms with Crippen LogP contribution in [0.5, 0.6) is 0 Å². The van der Waals surface area contributed by atoms with Crippen LogP contribution in [0.3, 0.4) is 0 Å². The molecule has 2 heteroatoms. The van der Waals surface area contributed by atoms with E-state index in [2.05, 4.69) is 61.5 Å². The largest absolute Gasteiger partial charge is 0.343 e. The van der Waals surface area contributed by atoms with Gasteiger partial charge in [-0.1, -0.05) is 56.2 Å². The van der Waals surface area contributed by atoms with Crippen molar-refractivity contribution in [3.8, 4) is 0 Å². The Kier molecular flexibility index (Phi) is 4.40. The predicted molar refractivity (Wildman–Crippen MR) is 126 cm³/mol. The minimum absolute atomic E-state index is 0.721. The van der Waals surface area contributed by atoms with Crippen LogP contribution in [-0.4, -0.2) is 4.57 Å². The van der Waals surface area contributed by atoms with Gasteiger partial charge >= 0.3 is 0 Å². The molecule has 0 unspecified atom stereocenters. The highest BCUT2D eigenvalue weighted by Crippen LogP contribution is 2.42. The fourth-order valence-electron chi connectivity index (χ4n) is 5.10. The number of benzene rings is 2. The molecule has 0 aliphatic heterocycles. The summed E-state index contributed by atoms with van der Waals surface area (Å²) in [5, 5.41) is 4.19. The highest BCUT2D eigenvalue weighted by Gasteiger charge is 2.21. The number of rotatable bonds is 3. The van der Waals surface area contributed by atoms with Crippen molar-refractivity contribution in [2.75, 3.05) is 0 Å². The molecule has 2 aromatic heterocycles. The van der Waals surface area contributed by atoms with E-state index in [0.717, 1.165) is 5.92 Å². The van der Waals surface area contributed by atoms with Crippen LogP contribution >= 0.6 is 11.3 Å². The molecule has 2 heterocycles. The number of thiophene rings is 1. The van der Waals surface area contributed by atoms with Crippen LogP contribution in [0, 0.1) is 6.92 Å². The number of para-hydroxylation sites is 1. The summed E-state index contributed by atoms with van der Waals surface area (Å²) in [5.74, 6) is 0.721. The zero-order valence-electron chi connectivity index (χ0n) is 16.8. The van der Waals surface area contributed by atoms with E-state index in [1.165, 1.54) is 74.4 Å². The van der Waals surface area contributed by atoms with Crippen LogP contribution in [0.1, 0.15) is 54.0 Å². The molecule has 0 radical (unpaired) electrons. The third kappa shape index (κ3) is 2.66. The second kappa shape index (κ2) is 6.93. The molecule has 2 aromatic carbocycles. The first-order chi connectivity index (χ1) is 13.7. The van der Waals surface area contributed by atoms with Gasteiger partial charge in [0.25, 0.3) is 0 Å². The lowest BCUT2D eigenvalue weighted by Gasteiger charge is -2.23. The van der Waals surface area contributed by atoms with Crippen molar-refractivity contribution in [3.63, 3.8) is 0 Å². The van der Waals surface area contributed by atoms with Gasteiger partial charge in [-0.25, -0.2) is 0 Å². The molecule has 4 aromatic rings. The molecule has 0 atom stereocenters. The molecule has 5 rings (SSSR count). The third-order valence-corrected chi connectivity index (χ3v) is 7.79. The molecule has 1 nitrogen and oxygen atoms in total. The number of hydrogen-bond acceptors (Lipinski definition) is 1. The average molecular weight is 386 g/mol. The molecule has 142 valence electrons. The second-order valence-corrected chi connectivity index (χ2v) is 9.27. The van der Waals surface area contributed by atoms with Gasteiger partial charge in [0.15, 0.2) is 0 Å². The molecule has 0 amide bonds. The molecule has 0 bridgehead atoms. The van der Waals surface area contributed by atoms with E-state index in [0.29, 0.717) is 0 Å². The molecule has 1 aliphatic carbocycles. The van der Waals surface area contributed by atoms with Crippen LogP contribution in [0.15, 0.2) is 49.1 Å². The first-order valence-electron chi connectivity index (χ1n) is 10.4. The topological polar surface area (TPSA) is 4.93 Å². The van der Waals surface area contributed by atoms with Crippen molar-refractivity contribution in [3.05, 3.63) is 65.1 Å². The van der Waals surface area contributed by atoms with Crippen molar-refractivity contribution >= 4 is 49.3 Å². The highest BCUT2D eigenvalue weighted by molar-refractivity contribution is 7.20. The Hall–Kier alpha value is -2.32. The van der Waals surface area contributed by atoms with E-state index >= 15 is 0 Å². The fourth-order valence-corrected chi connectivity index (χ4v) is 6.24. The molecule has 1 aliphatic rings. The van der Waals surface area contributed by atoms with Crippen LogP contribution in [-0.2, 0) is 7.05 Å². The third-order valence-electron chi connectivity index (χ3n) is 6.57. The summed E-state index contributed by atoms with van der Waals surface area (Å²) in [6, 6.07) is 11.8. The summed E-state index contributed by atoms with van der Waals surface area (Å²) in [7, 11) is 2.25. The Bertz CT molecular complexity index is 1230. The van der Waals surface area contributed by atoms with Crippen LogP contribution < -0.4 is 0 Å². The lowest BCUT2D eigenvalue weighted by Crippen LogP contribution is -2.06. The summed E-state index contributed by atoms with van der Waals surface area (Å²) < 4.78 is 3.82. The lowest BCUT2D eigenvalue weighted by molar-refractivity contribution is 0.445. The van der Waals surface area contributed by atoms with Gasteiger partial charge in [-0.2, -0.15) is 0 Å². The van der Waals surface area contributed by atoms with Gasteiger partial charge in [0.05, 0.1) is 11.0 Å². The van der Waals surface area contributed by atoms with E-state index in [9.17, 15) is 0 Å². The maximum atomic E-state index is 3.80. The molecular formula is C26H27NS. The van der Waals surface area contributed by atoms with E-state index in [4.69, 9.17) is 0 Å². The van der Waals surface area contributed by atoms with Gasteiger partial charge in [0, 0.05) is 27.4 Å². The van der Waals surface area contributed by atoms with Crippen molar-refractivity contribution in [2.24, 2.45) is 7.05 Å². The molecular weight excluding hydrogens is 358 g/mol. The number of fused-ring (bicyclic) bond motifs is 4. The summed E-state index contributed by atoms with van der Waals surface area (Å²) in [6.07, 6.45) is 12.9. The van der Waals surface area contributed by atoms with Gasteiger partial charge in [-0.05, 0) is 60.4 Å². The fraction of sp³-hybridized carbons (Fsp3) is 0.308. The zero-order valence-corrected chi connectivity index (χ0v) is 17.6. The van der Waals surface area contributed by atoms with Crippen LogP contribution in [0.25, 0.3) is 38.0 Å². The molecule has 1 saturated carbocycles. The molecule has 0 spiro atoms. The highest BCUT2D eigenvalue weighted by atomic mass is 32.1. The number of allylic oxidation sites excluding steroid dienone is 2. The zero-order chi connectivity index (χ0) is 19.3. The minimum Gasteiger partial charge on any atom is -0.343 e. The summed E-state index contributed by atoms with van der Waals surface area (Å²) in [5.41, 5.74) is 5.74. The van der Waals surface area contributed by atoms with Gasteiger partial charge in [0.2, 0.25) is 0 Å². The lowest BCUT2D eigenvalue weighted by atomic mass is 9.83. The van der Waals surface area contributed by atoms with E-state index in [-0.39, 0.29) is 0 Å². The van der Waals surface area contributed by atoms with Gasteiger partial charge in [-0.3, -0.25) is 0 Å². The summed E-state index contributed by atoms with van der Waals surface area (Å²) in [4.78, 5) is 1.33.